The second-order valence-corrected chi connectivity index (χ2v) is 9.81. The van der Waals surface area contributed by atoms with E-state index in [-0.39, 0.29) is 16.8 Å². The SMILES string of the molecule is CN(C)C(=O)c1c(N)ccc(-c2cnc3c(c2Cl)[C@@]2(CC[C@](O)(Cn4cncn4)C2)CN3)c1F. The van der Waals surface area contributed by atoms with Crippen LogP contribution in [-0.4, -0.2) is 61.9 Å². The molecule has 2 atom stereocenters. The molecule has 0 radical (unpaired) electrons. The summed E-state index contributed by atoms with van der Waals surface area (Å²) in [7, 11) is 3.07. The van der Waals surface area contributed by atoms with Crippen molar-refractivity contribution in [2.24, 2.45) is 0 Å². The van der Waals surface area contributed by atoms with Crippen LogP contribution in [-0.2, 0) is 12.0 Å². The average Bonchev–Trinajstić information content (AvgIpc) is 3.50. The van der Waals surface area contributed by atoms with E-state index in [0.29, 0.717) is 48.8 Å². The summed E-state index contributed by atoms with van der Waals surface area (Å²) in [6.07, 6.45) is 6.18. The maximum absolute atomic E-state index is 15.6. The Balaban J connectivity index is 1.56. The van der Waals surface area contributed by atoms with Gasteiger partial charge in [0.1, 0.15) is 24.3 Å². The van der Waals surface area contributed by atoms with Crippen LogP contribution < -0.4 is 11.1 Å². The minimum Gasteiger partial charge on any atom is -0.398 e. The number of halogens is 2. The minimum atomic E-state index is -0.992. The largest absolute Gasteiger partial charge is 0.398 e. The lowest BCUT2D eigenvalue weighted by atomic mass is 9.79. The fourth-order valence-electron chi connectivity index (χ4n) is 5.27. The molecule has 1 amide bonds. The number of nitrogens with two attached hydrogens (primary N) is 1. The Morgan fingerprint density at radius 3 is 2.85 bits per heavy atom. The monoisotopic (exact) mass is 485 g/mol. The van der Waals surface area contributed by atoms with Gasteiger partial charge in [-0.25, -0.2) is 14.4 Å². The third-order valence-electron chi connectivity index (χ3n) is 6.88. The lowest BCUT2D eigenvalue weighted by molar-refractivity contribution is 0.0210. The number of fused-ring (bicyclic) bond motifs is 2. The fourth-order valence-corrected chi connectivity index (χ4v) is 5.71. The van der Waals surface area contributed by atoms with Crippen LogP contribution in [0, 0.1) is 5.82 Å². The van der Waals surface area contributed by atoms with E-state index in [1.807, 2.05) is 0 Å². The number of nitrogens with zero attached hydrogens (tertiary/aromatic N) is 5. The molecule has 1 spiro atoms. The smallest absolute Gasteiger partial charge is 0.258 e. The molecule has 178 valence electrons. The molecule has 2 aromatic heterocycles. The summed E-state index contributed by atoms with van der Waals surface area (Å²) >= 11 is 6.92. The highest BCUT2D eigenvalue weighted by atomic mass is 35.5. The van der Waals surface area contributed by atoms with E-state index >= 15 is 4.39 Å². The van der Waals surface area contributed by atoms with Crippen LogP contribution in [0.3, 0.4) is 0 Å². The van der Waals surface area contributed by atoms with Gasteiger partial charge in [-0.3, -0.25) is 9.48 Å². The van der Waals surface area contributed by atoms with Crippen molar-refractivity contribution in [2.45, 2.75) is 36.8 Å². The number of carbonyl (C=O) groups is 1. The molecule has 5 rings (SSSR count). The second-order valence-electron chi connectivity index (χ2n) is 9.43. The molecule has 34 heavy (non-hydrogen) atoms. The van der Waals surface area contributed by atoms with Gasteiger partial charge in [-0.15, -0.1) is 0 Å². The van der Waals surface area contributed by atoms with Crippen molar-refractivity contribution < 1.29 is 14.3 Å². The lowest BCUT2D eigenvalue weighted by Crippen LogP contribution is -2.35. The Morgan fingerprint density at radius 2 is 2.15 bits per heavy atom. The van der Waals surface area contributed by atoms with Crippen LogP contribution in [0.4, 0.5) is 15.9 Å². The van der Waals surface area contributed by atoms with E-state index in [4.69, 9.17) is 17.3 Å². The zero-order valence-corrected chi connectivity index (χ0v) is 19.6. The van der Waals surface area contributed by atoms with Crippen molar-refractivity contribution in [1.29, 1.82) is 0 Å². The second kappa shape index (κ2) is 7.92. The summed E-state index contributed by atoms with van der Waals surface area (Å²) in [5, 5.41) is 19.1. The number of aromatic nitrogens is 4. The Morgan fingerprint density at radius 1 is 1.35 bits per heavy atom. The predicted octanol–water partition coefficient (Wildman–Crippen LogP) is 2.70. The number of nitrogens with one attached hydrogen (secondary N) is 1. The molecule has 1 aliphatic heterocycles. The average molecular weight is 486 g/mol. The zero-order valence-electron chi connectivity index (χ0n) is 18.8. The van der Waals surface area contributed by atoms with E-state index in [1.54, 1.807) is 11.0 Å². The molecule has 1 aliphatic carbocycles. The van der Waals surface area contributed by atoms with Gasteiger partial charge in [0.15, 0.2) is 0 Å². The maximum atomic E-state index is 15.6. The normalized spacial score (nSPS) is 23.2. The lowest BCUT2D eigenvalue weighted by Gasteiger charge is -2.28. The number of pyridine rings is 1. The summed E-state index contributed by atoms with van der Waals surface area (Å²) < 4.78 is 17.2. The number of hydrogen-bond acceptors (Lipinski definition) is 7. The highest BCUT2D eigenvalue weighted by Gasteiger charge is 2.53. The van der Waals surface area contributed by atoms with Crippen molar-refractivity contribution in [1.82, 2.24) is 24.6 Å². The first-order valence-corrected chi connectivity index (χ1v) is 11.3. The van der Waals surface area contributed by atoms with Gasteiger partial charge in [-0.2, -0.15) is 5.10 Å². The first kappa shape index (κ1) is 22.5. The number of hydrogen-bond donors (Lipinski definition) is 3. The standard InChI is InChI=1S/C23H25ClFN7O2/c1-31(2)21(33)16-15(26)4-3-13(19(16)25)14-7-28-20-17(18(14)24)22(9-29-20)5-6-23(34,8-22)10-32-12-27-11-30-32/h3-4,7,11-12,34H,5-6,8-10,26H2,1-2H3,(H,28,29)/t22-,23-/m1/s1. The molecule has 3 heterocycles. The number of aliphatic hydroxyl groups is 1. The molecule has 9 nitrogen and oxygen atoms in total. The van der Waals surface area contributed by atoms with Crippen molar-refractivity contribution in [3.63, 3.8) is 0 Å². The molecular weight excluding hydrogens is 461 g/mol. The minimum absolute atomic E-state index is 0.0531. The summed E-state index contributed by atoms with van der Waals surface area (Å²) in [6, 6.07) is 3.01. The van der Waals surface area contributed by atoms with Gasteiger partial charge < -0.3 is 21.1 Å². The van der Waals surface area contributed by atoms with Gasteiger partial charge >= 0.3 is 0 Å². The molecule has 1 saturated carbocycles. The van der Waals surface area contributed by atoms with Crippen LogP contribution in [0.25, 0.3) is 11.1 Å². The molecule has 2 aliphatic rings. The number of amides is 1. The van der Waals surface area contributed by atoms with Crippen LogP contribution in [0.2, 0.25) is 5.02 Å². The highest BCUT2D eigenvalue weighted by Crippen LogP contribution is 2.55. The topological polar surface area (TPSA) is 122 Å². The van der Waals surface area contributed by atoms with Gasteiger partial charge in [-0.1, -0.05) is 11.6 Å². The fraction of sp³-hybridized carbons (Fsp3) is 0.391. The van der Waals surface area contributed by atoms with Crippen LogP contribution in [0.5, 0.6) is 0 Å². The number of rotatable bonds is 4. The molecule has 1 fully saturated rings. The van der Waals surface area contributed by atoms with Gasteiger partial charge in [0.05, 0.1) is 22.7 Å². The molecule has 0 saturated heterocycles. The van der Waals surface area contributed by atoms with Gasteiger partial charge in [0.2, 0.25) is 0 Å². The van der Waals surface area contributed by atoms with Crippen molar-refractivity contribution in [3.8, 4) is 11.1 Å². The van der Waals surface area contributed by atoms with E-state index in [1.165, 1.54) is 43.7 Å². The molecule has 0 bridgehead atoms. The van der Waals surface area contributed by atoms with Gasteiger partial charge in [0.25, 0.3) is 5.91 Å². The first-order valence-electron chi connectivity index (χ1n) is 10.9. The number of anilines is 2. The Labute approximate surface area is 200 Å². The predicted molar refractivity (Wildman–Crippen MR) is 126 cm³/mol. The number of nitrogen functional groups attached to an aromatic ring is 1. The molecule has 1 aromatic carbocycles. The summed E-state index contributed by atoms with van der Waals surface area (Å²) in [5.74, 6) is -0.648. The van der Waals surface area contributed by atoms with E-state index in [0.717, 1.165) is 5.56 Å². The van der Waals surface area contributed by atoms with Crippen LogP contribution in [0.1, 0.15) is 35.2 Å². The third-order valence-corrected chi connectivity index (χ3v) is 7.28. The van der Waals surface area contributed by atoms with Crippen LogP contribution in [0.15, 0.2) is 31.0 Å². The molecule has 4 N–H and O–H groups in total. The maximum Gasteiger partial charge on any atom is 0.258 e. The van der Waals surface area contributed by atoms with E-state index in [2.05, 4.69) is 20.4 Å². The Bertz CT molecular complexity index is 1280. The highest BCUT2D eigenvalue weighted by molar-refractivity contribution is 6.34. The van der Waals surface area contributed by atoms with E-state index < -0.39 is 22.7 Å². The van der Waals surface area contributed by atoms with Crippen molar-refractivity contribution >= 4 is 29.0 Å². The zero-order chi connectivity index (χ0) is 24.3. The molecular formula is C23H25ClFN7O2. The summed E-state index contributed by atoms with van der Waals surface area (Å²) in [5.41, 5.74) is 5.62. The van der Waals surface area contributed by atoms with Crippen molar-refractivity contribution in [2.75, 3.05) is 31.7 Å². The quantitative estimate of drug-likeness (QED) is 0.485. The van der Waals surface area contributed by atoms with Gasteiger partial charge in [0, 0.05) is 54.6 Å². The number of benzene rings is 1. The van der Waals surface area contributed by atoms with Crippen molar-refractivity contribution in [3.05, 3.63) is 53.0 Å². The number of carbonyl (C=O) groups excluding carboxylic acids is 1. The summed E-state index contributed by atoms with van der Waals surface area (Å²) in [4.78, 5) is 22.3. The molecule has 3 aromatic rings. The molecule has 0 unspecified atom stereocenters. The van der Waals surface area contributed by atoms with Gasteiger partial charge in [-0.05, 0) is 31.4 Å². The Kier molecular flexibility index (Phi) is 5.25. The van der Waals surface area contributed by atoms with E-state index in [9.17, 15) is 9.90 Å². The summed E-state index contributed by atoms with van der Waals surface area (Å²) in [6.45, 7) is 0.879. The molecule has 11 heteroatoms. The van der Waals surface area contributed by atoms with Crippen LogP contribution >= 0.6 is 11.6 Å². The Hall–Kier alpha value is -3.24. The third kappa shape index (κ3) is 3.48. The first-order chi connectivity index (χ1) is 16.1.